The highest BCUT2D eigenvalue weighted by Crippen LogP contribution is 2.31. The highest BCUT2D eigenvalue weighted by Gasteiger charge is 2.35. The second kappa shape index (κ2) is 7.48. The van der Waals surface area contributed by atoms with Gasteiger partial charge < -0.3 is 20.1 Å². The van der Waals surface area contributed by atoms with Crippen LogP contribution in [0.2, 0.25) is 0 Å². The number of aromatic amines is 1. The largest absolute Gasteiger partial charge is 0.491 e. The minimum atomic E-state index is -0.359. The summed E-state index contributed by atoms with van der Waals surface area (Å²) in [5.41, 5.74) is 0.695. The fourth-order valence-electron chi connectivity index (χ4n) is 3.03. The molecule has 132 valence electrons. The van der Waals surface area contributed by atoms with Crippen molar-refractivity contribution in [1.82, 2.24) is 15.3 Å². The molecular weight excluding hydrogens is 322 g/mol. The molecule has 1 aliphatic carbocycles. The lowest BCUT2D eigenvalue weighted by Crippen LogP contribution is -2.48. The Balaban J connectivity index is 1.74. The van der Waals surface area contributed by atoms with Crippen LogP contribution < -0.4 is 15.5 Å². The summed E-state index contributed by atoms with van der Waals surface area (Å²) in [4.78, 5) is 31.4. The van der Waals surface area contributed by atoms with E-state index >= 15 is 0 Å². The van der Waals surface area contributed by atoms with Gasteiger partial charge in [0.1, 0.15) is 5.69 Å². The zero-order chi connectivity index (χ0) is 17.8. The fraction of sp³-hybridized carbons (Fsp3) is 0.389. The van der Waals surface area contributed by atoms with Crippen molar-refractivity contribution in [3.63, 3.8) is 0 Å². The zero-order valence-electron chi connectivity index (χ0n) is 13.9. The van der Waals surface area contributed by atoms with E-state index in [1.165, 1.54) is 19.4 Å². The first-order valence-electron chi connectivity index (χ1n) is 8.22. The maximum atomic E-state index is 12.5. The molecule has 0 aromatic carbocycles. The Labute approximate surface area is 145 Å². The number of ether oxygens (including phenoxy) is 1. The van der Waals surface area contributed by atoms with Crippen LogP contribution in [0.15, 0.2) is 41.5 Å². The molecule has 2 heterocycles. The quantitative estimate of drug-likeness (QED) is 0.723. The van der Waals surface area contributed by atoms with Crippen LogP contribution in [-0.2, 0) is 6.42 Å². The molecule has 7 heteroatoms. The number of amides is 1. The number of hydrogen-bond acceptors (Lipinski definition) is 5. The van der Waals surface area contributed by atoms with Gasteiger partial charge in [0.2, 0.25) is 5.43 Å². The van der Waals surface area contributed by atoms with Gasteiger partial charge in [-0.05, 0) is 30.9 Å². The number of pyridine rings is 2. The van der Waals surface area contributed by atoms with Gasteiger partial charge in [0.05, 0.1) is 13.2 Å². The predicted octanol–water partition coefficient (Wildman–Crippen LogP) is 0.891. The SMILES string of the molecule is COc1c[nH]c(C(=O)N[C@@H](Cc2ccccn2)C2CC(O)C2)cc1=O. The van der Waals surface area contributed by atoms with Gasteiger partial charge in [-0.15, -0.1) is 0 Å². The van der Waals surface area contributed by atoms with Gasteiger partial charge in [0, 0.05) is 36.6 Å². The normalized spacial score (nSPS) is 20.4. The minimum absolute atomic E-state index is 0.156. The second-order valence-electron chi connectivity index (χ2n) is 6.27. The number of carbonyl (C=O) groups excluding carboxylic acids is 1. The lowest BCUT2D eigenvalue weighted by molar-refractivity contribution is 0.0237. The summed E-state index contributed by atoms with van der Waals surface area (Å²) in [7, 11) is 1.40. The second-order valence-corrected chi connectivity index (χ2v) is 6.27. The molecule has 1 fully saturated rings. The molecule has 0 spiro atoms. The predicted molar refractivity (Wildman–Crippen MR) is 91.5 cm³/mol. The van der Waals surface area contributed by atoms with Gasteiger partial charge in [-0.2, -0.15) is 0 Å². The first-order chi connectivity index (χ1) is 12.1. The summed E-state index contributed by atoms with van der Waals surface area (Å²) in [6.45, 7) is 0. The summed E-state index contributed by atoms with van der Waals surface area (Å²) in [5, 5.41) is 12.6. The molecule has 0 unspecified atom stereocenters. The Morgan fingerprint density at radius 2 is 2.28 bits per heavy atom. The zero-order valence-corrected chi connectivity index (χ0v) is 13.9. The van der Waals surface area contributed by atoms with Gasteiger partial charge in [0.15, 0.2) is 5.75 Å². The number of aliphatic hydroxyl groups excluding tert-OH is 1. The van der Waals surface area contributed by atoms with Crippen LogP contribution in [-0.4, -0.2) is 40.2 Å². The Morgan fingerprint density at radius 1 is 1.48 bits per heavy atom. The Bertz CT molecular complexity index is 784. The highest BCUT2D eigenvalue weighted by atomic mass is 16.5. The topological polar surface area (TPSA) is 104 Å². The minimum Gasteiger partial charge on any atom is -0.491 e. The summed E-state index contributed by atoms with van der Waals surface area (Å²) >= 11 is 0. The summed E-state index contributed by atoms with van der Waals surface area (Å²) in [5.74, 6) is -0.0169. The molecule has 1 saturated carbocycles. The number of methoxy groups -OCH3 is 1. The van der Waals surface area contributed by atoms with Crippen molar-refractivity contribution in [3.05, 3.63) is 58.3 Å². The number of nitrogens with zero attached hydrogens (tertiary/aromatic N) is 1. The van der Waals surface area contributed by atoms with Crippen molar-refractivity contribution in [3.8, 4) is 5.75 Å². The number of carbonyl (C=O) groups is 1. The van der Waals surface area contributed by atoms with Crippen LogP contribution in [0.4, 0.5) is 0 Å². The number of aliphatic hydroxyl groups is 1. The maximum absolute atomic E-state index is 12.5. The lowest BCUT2D eigenvalue weighted by atomic mass is 9.76. The Hall–Kier alpha value is -2.67. The molecule has 0 saturated heterocycles. The molecule has 1 atom stereocenters. The van der Waals surface area contributed by atoms with Crippen molar-refractivity contribution >= 4 is 5.91 Å². The molecule has 2 aromatic heterocycles. The maximum Gasteiger partial charge on any atom is 0.268 e. The smallest absolute Gasteiger partial charge is 0.268 e. The van der Waals surface area contributed by atoms with Crippen LogP contribution in [0.3, 0.4) is 0 Å². The van der Waals surface area contributed by atoms with E-state index in [1.54, 1.807) is 6.20 Å². The van der Waals surface area contributed by atoms with Crippen LogP contribution in [0, 0.1) is 5.92 Å². The molecule has 25 heavy (non-hydrogen) atoms. The van der Waals surface area contributed by atoms with Crippen molar-refractivity contribution in [2.45, 2.75) is 31.4 Å². The lowest BCUT2D eigenvalue weighted by Gasteiger charge is -2.38. The Morgan fingerprint density at radius 3 is 2.88 bits per heavy atom. The molecule has 1 aliphatic rings. The van der Waals surface area contributed by atoms with Crippen LogP contribution in [0.25, 0.3) is 0 Å². The highest BCUT2D eigenvalue weighted by molar-refractivity contribution is 5.92. The van der Waals surface area contributed by atoms with Crippen LogP contribution in [0.5, 0.6) is 5.75 Å². The molecular formula is C18H21N3O4. The van der Waals surface area contributed by atoms with E-state index in [2.05, 4.69) is 15.3 Å². The van der Waals surface area contributed by atoms with Gasteiger partial charge in [0.25, 0.3) is 5.91 Å². The molecule has 0 aliphatic heterocycles. The molecule has 1 amide bonds. The van der Waals surface area contributed by atoms with Crippen molar-refractivity contribution in [2.24, 2.45) is 5.92 Å². The number of rotatable bonds is 6. The standard InChI is InChI=1S/C18H21N3O4/c1-25-17-10-20-15(9-16(17)23)18(24)21-14(11-6-13(22)7-11)8-12-4-2-3-5-19-12/h2-5,9-11,13-14,22H,6-8H2,1H3,(H,20,23)(H,21,24)/t11?,13?,14-/m0/s1. The average Bonchev–Trinajstić information content (AvgIpc) is 2.59. The van der Waals surface area contributed by atoms with E-state index in [9.17, 15) is 14.7 Å². The van der Waals surface area contributed by atoms with Crippen molar-refractivity contribution in [2.75, 3.05) is 7.11 Å². The number of H-pyrrole nitrogens is 1. The van der Waals surface area contributed by atoms with Gasteiger partial charge in [-0.3, -0.25) is 14.6 Å². The van der Waals surface area contributed by atoms with Crippen LogP contribution in [0.1, 0.15) is 29.0 Å². The molecule has 2 aromatic rings. The summed E-state index contributed by atoms with van der Waals surface area (Å²) in [6.07, 6.45) is 4.65. The van der Waals surface area contributed by atoms with Crippen molar-refractivity contribution in [1.29, 1.82) is 0 Å². The monoisotopic (exact) mass is 343 g/mol. The van der Waals surface area contributed by atoms with E-state index in [0.717, 1.165) is 5.69 Å². The fourth-order valence-corrected chi connectivity index (χ4v) is 3.03. The first-order valence-corrected chi connectivity index (χ1v) is 8.22. The molecule has 0 bridgehead atoms. The molecule has 3 N–H and O–H groups in total. The van der Waals surface area contributed by atoms with E-state index in [1.807, 2.05) is 18.2 Å². The summed E-state index contributed by atoms with van der Waals surface area (Å²) < 4.78 is 4.90. The van der Waals surface area contributed by atoms with E-state index in [0.29, 0.717) is 19.3 Å². The van der Waals surface area contributed by atoms with Crippen LogP contribution >= 0.6 is 0 Å². The van der Waals surface area contributed by atoms with Crippen molar-refractivity contribution < 1.29 is 14.6 Å². The van der Waals surface area contributed by atoms with Gasteiger partial charge in [-0.1, -0.05) is 6.07 Å². The first kappa shape index (κ1) is 17.2. The van der Waals surface area contributed by atoms with Gasteiger partial charge in [-0.25, -0.2) is 0 Å². The number of nitrogens with one attached hydrogen (secondary N) is 2. The number of hydrogen-bond donors (Lipinski definition) is 3. The van der Waals surface area contributed by atoms with E-state index < -0.39 is 0 Å². The third-order valence-corrected chi connectivity index (χ3v) is 4.53. The molecule has 3 rings (SSSR count). The average molecular weight is 343 g/mol. The molecule has 0 radical (unpaired) electrons. The van der Waals surface area contributed by atoms with Gasteiger partial charge >= 0.3 is 0 Å². The third-order valence-electron chi connectivity index (χ3n) is 4.53. The van der Waals surface area contributed by atoms with E-state index in [-0.39, 0.29) is 40.8 Å². The molecule has 7 nitrogen and oxygen atoms in total. The number of aromatic nitrogens is 2. The third kappa shape index (κ3) is 4.06. The van der Waals surface area contributed by atoms with E-state index in [4.69, 9.17) is 4.74 Å². The Kier molecular flexibility index (Phi) is 5.14. The summed E-state index contributed by atoms with van der Waals surface area (Å²) in [6, 6.07) is 6.71.